The summed E-state index contributed by atoms with van der Waals surface area (Å²) in [5, 5.41) is 3.13. The molecule has 0 aliphatic rings. The van der Waals surface area contributed by atoms with Gasteiger partial charge in [-0.1, -0.05) is 91.3 Å². The van der Waals surface area contributed by atoms with Crippen molar-refractivity contribution in [2.45, 2.75) is 72.0 Å². The van der Waals surface area contributed by atoms with Gasteiger partial charge >= 0.3 is 0 Å². The molecule has 0 saturated carbocycles. The Balaban J connectivity index is 1.91. The topological polar surface area (TPSA) is 49.4 Å². The molecule has 1 N–H and O–H groups in total. The van der Waals surface area contributed by atoms with Gasteiger partial charge in [0.25, 0.3) is 0 Å². The molecule has 0 aliphatic heterocycles. The van der Waals surface area contributed by atoms with E-state index in [0.717, 1.165) is 28.7 Å². The van der Waals surface area contributed by atoms with Crippen LogP contribution in [0.2, 0.25) is 0 Å². The van der Waals surface area contributed by atoms with E-state index in [0.29, 0.717) is 25.8 Å². The fourth-order valence-electron chi connectivity index (χ4n) is 4.12. The number of hydrogen-bond donors (Lipinski definition) is 1. The summed E-state index contributed by atoms with van der Waals surface area (Å²) in [5.74, 6) is -0.102. The van der Waals surface area contributed by atoms with E-state index in [1.165, 1.54) is 5.56 Å². The first-order valence-electron chi connectivity index (χ1n) is 12.6. The van der Waals surface area contributed by atoms with E-state index in [-0.39, 0.29) is 17.9 Å². The van der Waals surface area contributed by atoms with Crippen molar-refractivity contribution in [3.8, 4) is 0 Å². The van der Waals surface area contributed by atoms with Gasteiger partial charge in [0.15, 0.2) is 0 Å². The molecule has 0 saturated heterocycles. The minimum atomic E-state index is -0.587. The highest BCUT2D eigenvalue weighted by Crippen LogP contribution is 2.19. The molecule has 0 heterocycles. The molecule has 0 unspecified atom stereocenters. The molecule has 3 rings (SSSR count). The first-order chi connectivity index (χ1) is 16.9. The van der Waals surface area contributed by atoms with Gasteiger partial charge in [0.05, 0.1) is 0 Å². The van der Waals surface area contributed by atoms with Crippen LogP contribution < -0.4 is 5.32 Å². The van der Waals surface area contributed by atoms with Crippen LogP contribution in [-0.4, -0.2) is 28.8 Å². The second-order valence-corrected chi connectivity index (χ2v) is 9.46. The summed E-state index contributed by atoms with van der Waals surface area (Å²) in [6.45, 7) is 8.57. The van der Waals surface area contributed by atoms with Gasteiger partial charge in [0, 0.05) is 25.4 Å². The molecule has 0 bridgehead atoms. The van der Waals surface area contributed by atoms with Gasteiger partial charge in [-0.3, -0.25) is 9.59 Å². The molecule has 0 fully saturated rings. The number of amides is 2. The van der Waals surface area contributed by atoms with Crippen molar-refractivity contribution in [1.29, 1.82) is 0 Å². The zero-order valence-electron chi connectivity index (χ0n) is 21.5. The maximum atomic E-state index is 13.7. The van der Waals surface area contributed by atoms with Crippen LogP contribution in [0, 0.1) is 13.8 Å². The van der Waals surface area contributed by atoms with Crippen molar-refractivity contribution in [3.63, 3.8) is 0 Å². The lowest BCUT2D eigenvalue weighted by molar-refractivity contribution is -0.141. The van der Waals surface area contributed by atoms with E-state index in [9.17, 15) is 9.59 Å². The Morgan fingerprint density at radius 3 is 2.17 bits per heavy atom. The van der Waals surface area contributed by atoms with Crippen LogP contribution in [0.1, 0.15) is 54.5 Å². The molecule has 3 aromatic carbocycles. The zero-order chi connectivity index (χ0) is 25.2. The van der Waals surface area contributed by atoms with Crippen LogP contribution in [0.4, 0.5) is 0 Å². The summed E-state index contributed by atoms with van der Waals surface area (Å²) >= 11 is 0. The van der Waals surface area contributed by atoms with E-state index in [1.54, 1.807) is 4.90 Å². The Morgan fingerprint density at radius 2 is 1.51 bits per heavy atom. The SMILES string of the molecule is CC[C@@H](C)NC(=O)[C@@H](Cc1ccccc1)N(Cc1ccccc1C)C(=O)CCc1ccc(C)cc1. The molecule has 2 amide bonds. The van der Waals surface area contributed by atoms with Crippen molar-refractivity contribution in [3.05, 3.63) is 107 Å². The Labute approximate surface area is 210 Å². The second kappa shape index (κ2) is 12.9. The van der Waals surface area contributed by atoms with Gasteiger partial charge in [-0.15, -0.1) is 0 Å². The number of aryl methyl sites for hydroxylation is 3. The van der Waals surface area contributed by atoms with Crippen molar-refractivity contribution < 1.29 is 9.59 Å². The lowest BCUT2D eigenvalue weighted by atomic mass is 10.00. The lowest BCUT2D eigenvalue weighted by Crippen LogP contribution is -2.52. The molecular formula is C31H38N2O2. The Bertz CT molecular complexity index is 1090. The van der Waals surface area contributed by atoms with Gasteiger partial charge in [-0.25, -0.2) is 0 Å². The van der Waals surface area contributed by atoms with Crippen molar-refractivity contribution in [2.24, 2.45) is 0 Å². The maximum absolute atomic E-state index is 13.7. The number of rotatable bonds is 11. The second-order valence-electron chi connectivity index (χ2n) is 9.46. The minimum absolute atomic E-state index is 0.00550. The van der Waals surface area contributed by atoms with Gasteiger partial charge < -0.3 is 10.2 Å². The van der Waals surface area contributed by atoms with Crippen LogP contribution in [-0.2, 0) is 29.0 Å². The van der Waals surface area contributed by atoms with Crippen LogP contribution in [0.5, 0.6) is 0 Å². The third kappa shape index (κ3) is 7.81. The molecule has 35 heavy (non-hydrogen) atoms. The van der Waals surface area contributed by atoms with Crippen molar-refractivity contribution in [1.82, 2.24) is 10.2 Å². The lowest BCUT2D eigenvalue weighted by Gasteiger charge is -2.33. The number of carbonyl (C=O) groups is 2. The number of benzene rings is 3. The van der Waals surface area contributed by atoms with E-state index < -0.39 is 6.04 Å². The summed E-state index contributed by atoms with van der Waals surface area (Å²) < 4.78 is 0. The molecule has 2 atom stereocenters. The fraction of sp³-hybridized carbons (Fsp3) is 0.355. The normalized spacial score (nSPS) is 12.6. The highest BCUT2D eigenvalue weighted by Gasteiger charge is 2.31. The Kier molecular flexibility index (Phi) is 9.66. The Morgan fingerprint density at radius 1 is 0.857 bits per heavy atom. The minimum Gasteiger partial charge on any atom is -0.352 e. The molecule has 0 radical (unpaired) electrons. The average molecular weight is 471 g/mol. The first-order valence-corrected chi connectivity index (χ1v) is 12.6. The van der Waals surface area contributed by atoms with Crippen LogP contribution in [0.25, 0.3) is 0 Å². The summed E-state index contributed by atoms with van der Waals surface area (Å²) in [6, 6.07) is 25.8. The quantitative estimate of drug-likeness (QED) is 0.386. The number of hydrogen-bond acceptors (Lipinski definition) is 2. The van der Waals surface area contributed by atoms with E-state index in [2.05, 4.69) is 56.4 Å². The molecule has 0 aliphatic carbocycles. The highest BCUT2D eigenvalue weighted by molar-refractivity contribution is 5.88. The third-order valence-corrected chi connectivity index (χ3v) is 6.62. The third-order valence-electron chi connectivity index (χ3n) is 6.62. The summed E-state index contributed by atoms with van der Waals surface area (Å²) in [6.07, 6.45) is 2.32. The van der Waals surface area contributed by atoms with E-state index in [1.807, 2.05) is 55.5 Å². The zero-order valence-corrected chi connectivity index (χ0v) is 21.5. The van der Waals surface area contributed by atoms with Crippen molar-refractivity contribution in [2.75, 3.05) is 0 Å². The fourth-order valence-corrected chi connectivity index (χ4v) is 4.12. The summed E-state index contributed by atoms with van der Waals surface area (Å²) in [7, 11) is 0. The van der Waals surface area contributed by atoms with Crippen LogP contribution in [0.3, 0.4) is 0 Å². The highest BCUT2D eigenvalue weighted by atomic mass is 16.2. The monoisotopic (exact) mass is 470 g/mol. The van der Waals surface area contributed by atoms with E-state index >= 15 is 0 Å². The smallest absolute Gasteiger partial charge is 0.243 e. The summed E-state index contributed by atoms with van der Waals surface area (Å²) in [4.78, 5) is 29.1. The Hall–Kier alpha value is -3.40. The van der Waals surface area contributed by atoms with Gasteiger partial charge in [-0.2, -0.15) is 0 Å². The molecule has 4 nitrogen and oxygen atoms in total. The molecule has 0 aromatic heterocycles. The number of nitrogens with zero attached hydrogens (tertiary/aromatic N) is 1. The van der Waals surface area contributed by atoms with Gasteiger partial charge in [0.1, 0.15) is 6.04 Å². The summed E-state index contributed by atoms with van der Waals surface area (Å²) in [5.41, 5.74) is 5.54. The number of nitrogens with one attached hydrogen (secondary N) is 1. The molecule has 4 heteroatoms. The van der Waals surface area contributed by atoms with Crippen molar-refractivity contribution >= 4 is 11.8 Å². The molecule has 0 spiro atoms. The molecule has 3 aromatic rings. The van der Waals surface area contributed by atoms with Gasteiger partial charge in [0.2, 0.25) is 11.8 Å². The van der Waals surface area contributed by atoms with Crippen LogP contribution in [0.15, 0.2) is 78.9 Å². The standard InChI is InChI=1S/C31H38N2O2/c1-5-25(4)32-31(35)29(21-27-12-7-6-8-13-27)33(22-28-14-10-9-11-24(28)3)30(34)20-19-26-17-15-23(2)16-18-26/h6-18,25,29H,5,19-22H2,1-4H3,(H,32,35)/t25-,29-/m1/s1. The van der Waals surface area contributed by atoms with Gasteiger partial charge in [-0.05, 0) is 55.9 Å². The average Bonchev–Trinajstić information content (AvgIpc) is 2.87. The first kappa shape index (κ1) is 26.2. The number of carbonyl (C=O) groups excluding carboxylic acids is 2. The largest absolute Gasteiger partial charge is 0.352 e. The van der Waals surface area contributed by atoms with Crippen LogP contribution >= 0.6 is 0 Å². The molecule has 184 valence electrons. The predicted octanol–water partition coefficient (Wildman–Crippen LogP) is 5.79. The predicted molar refractivity (Wildman–Crippen MR) is 143 cm³/mol. The van der Waals surface area contributed by atoms with E-state index in [4.69, 9.17) is 0 Å². The molecular weight excluding hydrogens is 432 g/mol. The maximum Gasteiger partial charge on any atom is 0.243 e.